The molecule has 3 aliphatic rings. The second kappa shape index (κ2) is 3.37. The van der Waals surface area contributed by atoms with E-state index in [9.17, 15) is 9.59 Å². The molecule has 2 aliphatic heterocycles. The molecule has 3 rings (SSSR count). The van der Waals surface area contributed by atoms with Gasteiger partial charge >= 0.3 is 12.1 Å². The Morgan fingerprint density at radius 1 is 1.38 bits per heavy atom. The summed E-state index contributed by atoms with van der Waals surface area (Å²) >= 11 is 0. The standard InChI is InChI=1S/C11H17NO4/c1-11(2,3)16-10(15)12-5-6-4-7(12)8(6)9(13)14/h6-8H,4-5H2,1-3H3,(H,13,14)/t6-,7-,8-/m0/s1. The summed E-state index contributed by atoms with van der Waals surface area (Å²) < 4.78 is 5.24. The molecule has 3 atom stereocenters. The van der Waals surface area contributed by atoms with Crippen LogP contribution in [0.1, 0.15) is 27.2 Å². The zero-order valence-electron chi connectivity index (χ0n) is 9.77. The maximum absolute atomic E-state index is 11.8. The molecule has 0 aromatic heterocycles. The minimum atomic E-state index is -0.799. The second-order valence-electron chi connectivity index (χ2n) is 5.56. The summed E-state index contributed by atoms with van der Waals surface area (Å²) in [7, 11) is 0. The molecular formula is C11H17NO4. The quantitative estimate of drug-likeness (QED) is 0.733. The number of carbonyl (C=O) groups excluding carboxylic acids is 1. The number of hydrogen-bond donors (Lipinski definition) is 1. The predicted octanol–water partition coefficient (Wildman–Crippen LogP) is 1.33. The van der Waals surface area contributed by atoms with E-state index in [2.05, 4.69) is 0 Å². The molecule has 16 heavy (non-hydrogen) atoms. The highest BCUT2D eigenvalue weighted by Crippen LogP contribution is 2.46. The summed E-state index contributed by atoms with van der Waals surface area (Å²) in [6.45, 7) is 5.94. The van der Waals surface area contributed by atoms with Gasteiger partial charge in [-0.1, -0.05) is 0 Å². The van der Waals surface area contributed by atoms with Gasteiger partial charge in [-0.25, -0.2) is 4.79 Å². The average Bonchev–Trinajstić information content (AvgIpc) is 2.53. The molecule has 1 aliphatic carbocycles. The number of carbonyl (C=O) groups is 2. The van der Waals surface area contributed by atoms with Crippen LogP contribution in [0, 0.1) is 11.8 Å². The van der Waals surface area contributed by atoms with Crippen LogP contribution >= 0.6 is 0 Å². The van der Waals surface area contributed by atoms with Crippen LogP contribution < -0.4 is 0 Å². The second-order valence-corrected chi connectivity index (χ2v) is 5.56. The lowest BCUT2D eigenvalue weighted by molar-refractivity contribution is -0.147. The van der Waals surface area contributed by atoms with Crippen LogP contribution in [-0.2, 0) is 9.53 Å². The molecule has 1 N–H and O–H groups in total. The monoisotopic (exact) mass is 227 g/mol. The number of carboxylic acids is 1. The van der Waals surface area contributed by atoms with Gasteiger partial charge in [0.15, 0.2) is 0 Å². The Labute approximate surface area is 94.4 Å². The highest BCUT2D eigenvalue weighted by molar-refractivity contribution is 5.77. The molecule has 0 aromatic carbocycles. The molecule has 90 valence electrons. The summed E-state index contributed by atoms with van der Waals surface area (Å²) in [5, 5.41) is 8.97. The fourth-order valence-electron chi connectivity index (χ4n) is 2.52. The molecule has 5 nitrogen and oxygen atoms in total. The largest absolute Gasteiger partial charge is 0.481 e. The highest BCUT2D eigenvalue weighted by Gasteiger charge is 2.57. The zero-order chi connectivity index (χ0) is 12.1. The lowest BCUT2D eigenvalue weighted by atomic mass is 9.74. The van der Waals surface area contributed by atoms with Crippen LogP contribution in [0.25, 0.3) is 0 Å². The van der Waals surface area contributed by atoms with Crippen LogP contribution in [0.3, 0.4) is 0 Å². The van der Waals surface area contributed by atoms with Crippen molar-refractivity contribution in [1.29, 1.82) is 0 Å². The van der Waals surface area contributed by atoms with Gasteiger partial charge in [0.2, 0.25) is 0 Å². The van der Waals surface area contributed by atoms with Crippen LogP contribution in [0.4, 0.5) is 4.79 Å². The molecule has 0 aromatic rings. The van der Waals surface area contributed by atoms with Crippen LogP contribution in [0.15, 0.2) is 0 Å². The number of nitrogens with zero attached hydrogens (tertiary/aromatic N) is 1. The third-order valence-electron chi connectivity index (χ3n) is 3.21. The van der Waals surface area contributed by atoms with E-state index in [4.69, 9.17) is 9.84 Å². The molecule has 2 saturated heterocycles. The van der Waals surface area contributed by atoms with Gasteiger partial charge in [0.05, 0.1) is 5.92 Å². The van der Waals surface area contributed by atoms with Crippen LogP contribution in [-0.4, -0.2) is 40.3 Å². The summed E-state index contributed by atoms with van der Waals surface area (Å²) in [5.74, 6) is -1.06. The van der Waals surface area contributed by atoms with E-state index in [0.717, 1.165) is 6.42 Å². The van der Waals surface area contributed by atoms with E-state index in [1.807, 2.05) is 0 Å². The van der Waals surface area contributed by atoms with Gasteiger partial charge in [0, 0.05) is 12.6 Å². The maximum atomic E-state index is 11.8. The van der Waals surface area contributed by atoms with Crippen molar-refractivity contribution in [3.05, 3.63) is 0 Å². The predicted molar refractivity (Wildman–Crippen MR) is 56.0 cm³/mol. The average molecular weight is 227 g/mol. The molecule has 1 amide bonds. The Bertz CT molecular complexity index is 333. The minimum absolute atomic E-state index is 0.120. The number of carboxylic acid groups (broad SMARTS) is 1. The van der Waals surface area contributed by atoms with Gasteiger partial charge in [-0.2, -0.15) is 0 Å². The van der Waals surface area contributed by atoms with Gasteiger partial charge in [0.1, 0.15) is 5.60 Å². The number of ether oxygens (including phenoxy) is 1. The Morgan fingerprint density at radius 2 is 2.00 bits per heavy atom. The smallest absolute Gasteiger partial charge is 0.410 e. The molecule has 0 radical (unpaired) electrons. The lowest BCUT2D eigenvalue weighted by Crippen LogP contribution is -2.46. The Balaban J connectivity index is 1.99. The van der Waals surface area contributed by atoms with E-state index < -0.39 is 11.6 Å². The van der Waals surface area contributed by atoms with Crippen molar-refractivity contribution in [3.63, 3.8) is 0 Å². The number of amides is 1. The fraction of sp³-hybridized carbons (Fsp3) is 0.818. The Morgan fingerprint density at radius 3 is 2.44 bits per heavy atom. The molecule has 2 heterocycles. The summed E-state index contributed by atoms with van der Waals surface area (Å²) in [6, 6.07) is -0.155. The van der Waals surface area contributed by atoms with Crippen molar-refractivity contribution in [2.45, 2.75) is 38.8 Å². The van der Waals surface area contributed by atoms with Crippen LogP contribution in [0.2, 0.25) is 0 Å². The maximum Gasteiger partial charge on any atom is 0.410 e. The first-order valence-corrected chi connectivity index (χ1v) is 5.52. The Kier molecular flexibility index (Phi) is 2.36. The van der Waals surface area contributed by atoms with Crippen molar-refractivity contribution in [3.8, 4) is 0 Å². The minimum Gasteiger partial charge on any atom is -0.481 e. The first-order valence-electron chi connectivity index (χ1n) is 5.52. The normalized spacial score (nSPS) is 32.2. The van der Waals surface area contributed by atoms with Gasteiger partial charge in [-0.3, -0.25) is 4.79 Å². The van der Waals surface area contributed by atoms with Crippen molar-refractivity contribution < 1.29 is 19.4 Å². The third kappa shape index (κ3) is 1.74. The molecule has 0 unspecified atom stereocenters. The topological polar surface area (TPSA) is 66.8 Å². The fourth-order valence-corrected chi connectivity index (χ4v) is 2.52. The van der Waals surface area contributed by atoms with Crippen molar-refractivity contribution in [2.75, 3.05) is 6.54 Å². The molecule has 2 bridgehead atoms. The van der Waals surface area contributed by atoms with Gasteiger partial charge < -0.3 is 14.7 Å². The molecule has 5 heteroatoms. The number of aliphatic carboxylic acids is 1. The first-order chi connectivity index (χ1) is 7.29. The van der Waals surface area contributed by atoms with E-state index in [1.54, 1.807) is 25.7 Å². The molecule has 3 fully saturated rings. The van der Waals surface area contributed by atoms with Crippen molar-refractivity contribution in [1.82, 2.24) is 4.90 Å². The lowest BCUT2D eigenvalue weighted by Gasteiger charge is -2.33. The van der Waals surface area contributed by atoms with Crippen molar-refractivity contribution >= 4 is 12.1 Å². The summed E-state index contributed by atoms with van der Waals surface area (Å²) in [6.07, 6.45) is 0.416. The van der Waals surface area contributed by atoms with E-state index >= 15 is 0 Å². The number of rotatable bonds is 1. The SMILES string of the molecule is CC(C)(C)OC(=O)N1C[C@@H]2C[C@H]1[C@H]2C(=O)O. The highest BCUT2D eigenvalue weighted by atomic mass is 16.6. The first kappa shape index (κ1) is 11.2. The van der Waals surface area contributed by atoms with Crippen molar-refractivity contribution in [2.24, 2.45) is 11.8 Å². The Hall–Kier alpha value is -1.26. The van der Waals surface area contributed by atoms with E-state index in [1.165, 1.54) is 0 Å². The molecular weight excluding hydrogens is 210 g/mol. The third-order valence-corrected chi connectivity index (χ3v) is 3.21. The van der Waals surface area contributed by atoms with Gasteiger partial charge in [-0.15, -0.1) is 0 Å². The molecule has 0 spiro atoms. The summed E-state index contributed by atoms with van der Waals surface area (Å²) in [4.78, 5) is 24.3. The van der Waals surface area contributed by atoms with E-state index in [-0.39, 0.29) is 24.0 Å². The van der Waals surface area contributed by atoms with Gasteiger partial charge in [0.25, 0.3) is 0 Å². The van der Waals surface area contributed by atoms with E-state index in [0.29, 0.717) is 6.54 Å². The van der Waals surface area contributed by atoms with Crippen LogP contribution in [0.5, 0.6) is 0 Å². The summed E-state index contributed by atoms with van der Waals surface area (Å²) in [5.41, 5.74) is -0.525. The molecule has 1 saturated carbocycles. The number of hydrogen-bond acceptors (Lipinski definition) is 3. The zero-order valence-corrected chi connectivity index (χ0v) is 9.77. The number of fused-ring (bicyclic) bond motifs is 1. The van der Waals surface area contributed by atoms with Gasteiger partial charge in [-0.05, 0) is 33.1 Å².